The quantitative estimate of drug-likeness (QED) is 0.791. The van der Waals surface area contributed by atoms with Crippen molar-refractivity contribution in [3.8, 4) is 0 Å². The van der Waals surface area contributed by atoms with Gasteiger partial charge in [0.25, 0.3) is 0 Å². The van der Waals surface area contributed by atoms with E-state index < -0.39 is 0 Å². The molecule has 0 fully saturated rings. The molecule has 2 nitrogen and oxygen atoms in total. The molecular weight excluding hydrogens is 300 g/mol. The minimum Gasteiger partial charge on any atom is -0.397 e. The molecule has 2 aromatic carbocycles. The zero-order valence-corrected chi connectivity index (χ0v) is 12.3. The van der Waals surface area contributed by atoms with Crippen LogP contribution >= 0.6 is 15.9 Å². The van der Waals surface area contributed by atoms with Crippen molar-refractivity contribution in [2.75, 3.05) is 11.1 Å². The molecule has 19 heavy (non-hydrogen) atoms. The Morgan fingerprint density at radius 1 is 1.00 bits per heavy atom. The lowest BCUT2D eigenvalue weighted by atomic mass is 9.90. The van der Waals surface area contributed by atoms with E-state index in [2.05, 4.69) is 39.4 Å². The van der Waals surface area contributed by atoms with E-state index >= 15 is 0 Å². The molecule has 0 heterocycles. The van der Waals surface area contributed by atoms with Crippen molar-refractivity contribution in [1.29, 1.82) is 0 Å². The fourth-order valence-electron chi connectivity index (χ4n) is 2.69. The van der Waals surface area contributed by atoms with Crippen molar-refractivity contribution < 1.29 is 0 Å². The summed E-state index contributed by atoms with van der Waals surface area (Å²) < 4.78 is 1.01. The Kier molecular flexibility index (Phi) is 3.47. The molecule has 0 aromatic heterocycles. The Hall–Kier alpha value is -1.48. The predicted molar refractivity (Wildman–Crippen MR) is 84.9 cm³/mol. The van der Waals surface area contributed by atoms with Gasteiger partial charge in [-0.2, -0.15) is 0 Å². The van der Waals surface area contributed by atoms with E-state index in [4.69, 9.17) is 5.73 Å². The van der Waals surface area contributed by atoms with Crippen LogP contribution in [-0.4, -0.2) is 0 Å². The van der Waals surface area contributed by atoms with Crippen LogP contribution in [0.1, 0.15) is 24.0 Å². The van der Waals surface area contributed by atoms with Crippen LogP contribution in [0.4, 0.5) is 17.1 Å². The van der Waals surface area contributed by atoms with Gasteiger partial charge in [0.15, 0.2) is 0 Å². The smallest absolute Gasteiger partial charge is 0.0618 e. The first-order valence-electron chi connectivity index (χ1n) is 6.67. The minimum absolute atomic E-state index is 0.766. The lowest BCUT2D eigenvalue weighted by Gasteiger charge is -2.20. The SMILES string of the molecule is Nc1cc(Br)ccc1Nc1cccc2c1CCCC2. The van der Waals surface area contributed by atoms with Gasteiger partial charge < -0.3 is 11.1 Å². The molecule has 3 N–H and O–H groups in total. The first-order valence-corrected chi connectivity index (χ1v) is 7.46. The molecule has 98 valence electrons. The molecule has 0 saturated carbocycles. The van der Waals surface area contributed by atoms with Crippen LogP contribution in [0.5, 0.6) is 0 Å². The van der Waals surface area contributed by atoms with E-state index in [-0.39, 0.29) is 0 Å². The van der Waals surface area contributed by atoms with Crippen LogP contribution in [0.15, 0.2) is 40.9 Å². The van der Waals surface area contributed by atoms with Crippen molar-refractivity contribution in [3.63, 3.8) is 0 Å². The minimum atomic E-state index is 0.766. The van der Waals surface area contributed by atoms with Gasteiger partial charge in [-0.1, -0.05) is 28.1 Å². The third-order valence-corrected chi connectivity index (χ3v) is 4.17. The lowest BCUT2D eigenvalue weighted by molar-refractivity contribution is 0.687. The first kappa shape index (κ1) is 12.5. The number of nitrogen functional groups attached to an aromatic ring is 1. The molecule has 0 atom stereocenters. The van der Waals surface area contributed by atoms with E-state index in [1.165, 1.54) is 36.1 Å². The fourth-order valence-corrected chi connectivity index (χ4v) is 3.07. The monoisotopic (exact) mass is 316 g/mol. The third-order valence-electron chi connectivity index (χ3n) is 3.68. The van der Waals surface area contributed by atoms with Gasteiger partial charge >= 0.3 is 0 Å². The average molecular weight is 317 g/mol. The van der Waals surface area contributed by atoms with Crippen LogP contribution in [-0.2, 0) is 12.8 Å². The second-order valence-electron chi connectivity index (χ2n) is 5.01. The summed E-state index contributed by atoms with van der Waals surface area (Å²) in [4.78, 5) is 0. The first-order chi connectivity index (χ1) is 9.24. The summed E-state index contributed by atoms with van der Waals surface area (Å²) in [6.45, 7) is 0. The standard InChI is InChI=1S/C16H17BrN2/c17-12-8-9-16(14(18)10-12)19-15-7-3-5-11-4-1-2-6-13(11)15/h3,5,7-10,19H,1-2,4,6,18H2. The second-order valence-corrected chi connectivity index (χ2v) is 5.92. The normalized spacial score (nSPS) is 13.9. The van der Waals surface area contributed by atoms with Gasteiger partial charge in [-0.05, 0) is 61.1 Å². The van der Waals surface area contributed by atoms with E-state index in [1.807, 2.05) is 18.2 Å². The zero-order valence-electron chi connectivity index (χ0n) is 10.7. The number of hydrogen-bond acceptors (Lipinski definition) is 2. The van der Waals surface area contributed by atoms with Gasteiger partial charge in [0.05, 0.1) is 11.4 Å². The molecule has 0 saturated heterocycles. The van der Waals surface area contributed by atoms with Crippen LogP contribution < -0.4 is 11.1 Å². The van der Waals surface area contributed by atoms with Crippen LogP contribution in [0.2, 0.25) is 0 Å². The Labute approximate surface area is 122 Å². The molecule has 0 amide bonds. The molecule has 1 aliphatic carbocycles. The molecule has 1 aliphatic rings. The summed E-state index contributed by atoms with van der Waals surface area (Å²) in [5.74, 6) is 0. The van der Waals surface area contributed by atoms with Crippen molar-refractivity contribution >= 4 is 33.0 Å². The summed E-state index contributed by atoms with van der Waals surface area (Å²) in [5.41, 5.74) is 11.9. The number of nitrogens with two attached hydrogens (primary N) is 1. The van der Waals surface area contributed by atoms with Crippen molar-refractivity contribution in [2.24, 2.45) is 0 Å². The molecule has 0 aliphatic heterocycles. The molecule has 0 spiro atoms. The largest absolute Gasteiger partial charge is 0.397 e. The number of benzene rings is 2. The van der Waals surface area contributed by atoms with Crippen molar-refractivity contribution in [1.82, 2.24) is 0 Å². The predicted octanol–water partition coefficient (Wildman–Crippen LogP) is 4.65. The number of fused-ring (bicyclic) bond motifs is 1. The molecule has 0 unspecified atom stereocenters. The van der Waals surface area contributed by atoms with Crippen molar-refractivity contribution in [2.45, 2.75) is 25.7 Å². The lowest BCUT2D eigenvalue weighted by Crippen LogP contribution is -2.06. The summed E-state index contributed by atoms with van der Waals surface area (Å²) in [5, 5.41) is 3.48. The number of halogens is 1. The van der Waals surface area contributed by atoms with Crippen LogP contribution in [0, 0.1) is 0 Å². The van der Waals surface area contributed by atoms with Gasteiger partial charge in [0.2, 0.25) is 0 Å². The van der Waals surface area contributed by atoms with Crippen LogP contribution in [0.3, 0.4) is 0 Å². The van der Waals surface area contributed by atoms with Crippen molar-refractivity contribution in [3.05, 3.63) is 52.0 Å². The molecule has 0 bridgehead atoms. The van der Waals surface area contributed by atoms with Gasteiger partial charge in [-0.15, -0.1) is 0 Å². The maximum Gasteiger partial charge on any atom is 0.0618 e. The van der Waals surface area contributed by atoms with Gasteiger partial charge in [0.1, 0.15) is 0 Å². The maximum atomic E-state index is 6.05. The molecule has 0 radical (unpaired) electrons. The number of nitrogens with one attached hydrogen (secondary N) is 1. The van der Waals surface area contributed by atoms with Gasteiger partial charge in [0, 0.05) is 10.2 Å². The highest BCUT2D eigenvalue weighted by Gasteiger charge is 2.13. The topological polar surface area (TPSA) is 38.0 Å². The molecule has 2 aromatic rings. The molecule has 3 heteroatoms. The number of aryl methyl sites for hydroxylation is 1. The van der Waals surface area contributed by atoms with E-state index in [1.54, 1.807) is 0 Å². The van der Waals surface area contributed by atoms with E-state index in [0.29, 0.717) is 0 Å². The van der Waals surface area contributed by atoms with Gasteiger partial charge in [-0.25, -0.2) is 0 Å². The second kappa shape index (κ2) is 5.25. The zero-order chi connectivity index (χ0) is 13.2. The maximum absolute atomic E-state index is 6.05. The van der Waals surface area contributed by atoms with Gasteiger partial charge in [-0.3, -0.25) is 0 Å². The van der Waals surface area contributed by atoms with E-state index in [0.717, 1.165) is 22.3 Å². The Bertz CT molecular complexity index is 608. The highest BCUT2D eigenvalue weighted by Crippen LogP contribution is 2.32. The summed E-state index contributed by atoms with van der Waals surface area (Å²) in [6, 6.07) is 12.5. The van der Waals surface area contributed by atoms with E-state index in [9.17, 15) is 0 Å². The molecule has 3 rings (SSSR count). The summed E-state index contributed by atoms with van der Waals surface area (Å²) >= 11 is 3.43. The Balaban J connectivity index is 1.95. The summed E-state index contributed by atoms with van der Waals surface area (Å²) in [7, 11) is 0. The fraction of sp³-hybridized carbons (Fsp3) is 0.250. The third kappa shape index (κ3) is 2.61. The number of rotatable bonds is 2. The number of hydrogen-bond donors (Lipinski definition) is 2. The Morgan fingerprint density at radius 2 is 1.84 bits per heavy atom. The highest BCUT2D eigenvalue weighted by molar-refractivity contribution is 9.10. The number of anilines is 3. The highest BCUT2D eigenvalue weighted by atomic mass is 79.9. The summed E-state index contributed by atoms with van der Waals surface area (Å²) in [6.07, 6.45) is 4.94. The average Bonchev–Trinajstić information content (AvgIpc) is 2.42. The Morgan fingerprint density at radius 3 is 2.68 bits per heavy atom. The van der Waals surface area contributed by atoms with Crippen LogP contribution in [0.25, 0.3) is 0 Å². The molecular formula is C16H17BrN2.